The van der Waals surface area contributed by atoms with Crippen molar-refractivity contribution in [1.29, 1.82) is 0 Å². The number of benzene rings is 1. The normalized spacial score (nSPS) is 20.1. The van der Waals surface area contributed by atoms with E-state index in [4.69, 9.17) is 16.7 Å². The molecule has 0 bridgehead atoms. The Hall–Kier alpha value is -1.28. The fourth-order valence-electron chi connectivity index (χ4n) is 2.40. The summed E-state index contributed by atoms with van der Waals surface area (Å²) in [5, 5.41) is 9.46. The van der Waals surface area contributed by atoms with Gasteiger partial charge >= 0.3 is 5.97 Å². The van der Waals surface area contributed by atoms with Gasteiger partial charge in [0.1, 0.15) is 0 Å². The van der Waals surface area contributed by atoms with Crippen molar-refractivity contribution in [2.75, 3.05) is 0 Å². The molecule has 1 N–H and O–H groups in total. The monoisotopic (exact) mass is 250 g/mol. The van der Waals surface area contributed by atoms with Crippen LogP contribution in [-0.4, -0.2) is 11.1 Å². The molecule has 1 aliphatic carbocycles. The van der Waals surface area contributed by atoms with Crippen LogP contribution in [0.5, 0.6) is 0 Å². The fourth-order valence-corrected chi connectivity index (χ4v) is 2.60. The number of aliphatic carboxylic acids is 1. The number of hydrogen-bond donors (Lipinski definition) is 1. The molecule has 0 unspecified atom stereocenters. The van der Waals surface area contributed by atoms with E-state index in [1.807, 2.05) is 18.2 Å². The van der Waals surface area contributed by atoms with Crippen LogP contribution in [0.3, 0.4) is 0 Å². The Morgan fingerprint density at radius 2 is 2.06 bits per heavy atom. The highest BCUT2D eigenvalue weighted by atomic mass is 35.5. The van der Waals surface area contributed by atoms with Crippen LogP contribution in [0.25, 0.3) is 0 Å². The maximum Gasteiger partial charge on any atom is 0.328 e. The van der Waals surface area contributed by atoms with Gasteiger partial charge in [-0.25, -0.2) is 4.79 Å². The highest BCUT2D eigenvalue weighted by molar-refractivity contribution is 6.30. The van der Waals surface area contributed by atoms with Crippen LogP contribution in [0.4, 0.5) is 0 Å². The molecule has 0 aromatic heterocycles. The molecule has 0 spiro atoms. The summed E-state index contributed by atoms with van der Waals surface area (Å²) in [6.45, 7) is 0. The number of carboxylic acids is 1. The molecule has 1 aromatic carbocycles. The number of allylic oxidation sites excluding steroid dienone is 1. The number of hydrogen-bond acceptors (Lipinski definition) is 1. The second-order valence-corrected chi connectivity index (χ2v) is 4.91. The van der Waals surface area contributed by atoms with Crippen LogP contribution >= 0.6 is 11.6 Å². The van der Waals surface area contributed by atoms with E-state index in [1.165, 1.54) is 11.6 Å². The Bertz CT molecular complexity index is 441. The van der Waals surface area contributed by atoms with Gasteiger partial charge in [0.05, 0.1) is 0 Å². The highest BCUT2D eigenvalue weighted by Gasteiger charge is 2.18. The first kappa shape index (κ1) is 12.2. The van der Waals surface area contributed by atoms with E-state index in [1.54, 1.807) is 0 Å². The third kappa shape index (κ3) is 3.34. The zero-order valence-electron chi connectivity index (χ0n) is 9.53. The SMILES string of the molecule is O=C(O)C=C1CCC(c2cccc(Cl)c2)CC1. The third-order valence-corrected chi connectivity index (χ3v) is 3.51. The lowest BCUT2D eigenvalue weighted by Gasteiger charge is -2.24. The molecule has 0 saturated heterocycles. The Balaban J connectivity index is 2.02. The zero-order valence-corrected chi connectivity index (χ0v) is 10.3. The maximum atomic E-state index is 10.6. The number of halogens is 1. The van der Waals surface area contributed by atoms with Gasteiger partial charge in [0, 0.05) is 11.1 Å². The Morgan fingerprint density at radius 3 is 2.65 bits per heavy atom. The molecular formula is C14H15ClO2. The molecule has 1 aliphatic rings. The van der Waals surface area contributed by atoms with Gasteiger partial charge in [-0.1, -0.05) is 29.3 Å². The minimum atomic E-state index is -0.832. The van der Waals surface area contributed by atoms with E-state index in [0.29, 0.717) is 5.92 Å². The summed E-state index contributed by atoms with van der Waals surface area (Å²) in [6, 6.07) is 7.96. The minimum Gasteiger partial charge on any atom is -0.478 e. The molecule has 0 heterocycles. The third-order valence-electron chi connectivity index (χ3n) is 3.28. The minimum absolute atomic E-state index is 0.514. The van der Waals surface area contributed by atoms with Crippen molar-refractivity contribution in [3.8, 4) is 0 Å². The molecule has 2 rings (SSSR count). The lowest BCUT2D eigenvalue weighted by atomic mass is 9.81. The molecule has 90 valence electrons. The molecule has 0 atom stereocenters. The maximum absolute atomic E-state index is 10.6. The quantitative estimate of drug-likeness (QED) is 0.806. The van der Waals surface area contributed by atoms with Crippen LogP contribution in [0.1, 0.15) is 37.2 Å². The van der Waals surface area contributed by atoms with Crippen molar-refractivity contribution in [1.82, 2.24) is 0 Å². The van der Waals surface area contributed by atoms with Gasteiger partial charge in [-0.3, -0.25) is 0 Å². The van der Waals surface area contributed by atoms with Gasteiger partial charge in [-0.05, 0) is 49.3 Å². The standard InChI is InChI=1S/C14H15ClO2/c15-13-3-1-2-12(9-13)11-6-4-10(5-7-11)8-14(16)17/h1-3,8-9,11H,4-7H2,(H,16,17). The number of carbonyl (C=O) groups is 1. The molecule has 0 radical (unpaired) electrons. The first-order valence-electron chi connectivity index (χ1n) is 5.83. The topological polar surface area (TPSA) is 37.3 Å². The average Bonchev–Trinajstić information content (AvgIpc) is 2.29. The summed E-state index contributed by atoms with van der Waals surface area (Å²) in [4.78, 5) is 10.6. The predicted octanol–water partition coefficient (Wildman–Crippen LogP) is 4.01. The summed E-state index contributed by atoms with van der Waals surface area (Å²) in [7, 11) is 0. The molecule has 0 aliphatic heterocycles. The lowest BCUT2D eigenvalue weighted by molar-refractivity contribution is -0.131. The number of rotatable bonds is 2. The van der Waals surface area contributed by atoms with Gasteiger partial charge in [0.15, 0.2) is 0 Å². The molecule has 17 heavy (non-hydrogen) atoms. The zero-order chi connectivity index (χ0) is 12.3. The van der Waals surface area contributed by atoms with Crippen molar-refractivity contribution in [3.63, 3.8) is 0 Å². The van der Waals surface area contributed by atoms with E-state index < -0.39 is 5.97 Å². The molecular weight excluding hydrogens is 236 g/mol. The molecule has 1 aromatic rings. The molecule has 1 saturated carbocycles. The van der Waals surface area contributed by atoms with Gasteiger partial charge in [-0.2, -0.15) is 0 Å². The molecule has 1 fully saturated rings. The first-order valence-corrected chi connectivity index (χ1v) is 6.21. The van der Waals surface area contributed by atoms with Crippen molar-refractivity contribution < 1.29 is 9.90 Å². The van der Waals surface area contributed by atoms with E-state index in [2.05, 4.69) is 6.07 Å². The lowest BCUT2D eigenvalue weighted by Crippen LogP contribution is -2.07. The number of carboxylic acid groups (broad SMARTS) is 1. The van der Waals surface area contributed by atoms with E-state index >= 15 is 0 Å². The van der Waals surface area contributed by atoms with Crippen molar-refractivity contribution in [3.05, 3.63) is 46.5 Å². The van der Waals surface area contributed by atoms with Gasteiger partial charge in [0.25, 0.3) is 0 Å². The van der Waals surface area contributed by atoms with Gasteiger partial charge in [-0.15, -0.1) is 0 Å². The summed E-state index contributed by atoms with van der Waals surface area (Å²) in [6.07, 6.45) is 5.14. The molecule has 0 amide bonds. The Morgan fingerprint density at radius 1 is 1.35 bits per heavy atom. The van der Waals surface area contributed by atoms with Crippen LogP contribution in [0.2, 0.25) is 5.02 Å². The van der Waals surface area contributed by atoms with Crippen molar-refractivity contribution in [2.24, 2.45) is 0 Å². The first-order chi connectivity index (χ1) is 8.15. The average molecular weight is 251 g/mol. The smallest absolute Gasteiger partial charge is 0.328 e. The fraction of sp³-hybridized carbons (Fsp3) is 0.357. The largest absolute Gasteiger partial charge is 0.478 e. The van der Waals surface area contributed by atoms with Crippen molar-refractivity contribution in [2.45, 2.75) is 31.6 Å². The molecule has 2 nitrogen and oxygen atoms in total. The van der Waals surface area contributed by atoms with Crippen LogP contribution in [-0.2, 0) is 4.79 Å². The van der Waals surface area contributed by atoms with E-state index in [-0.39, 0.29) is 0 Å². The summed E-state index contributed by atoms with van der Waals surface area (Å²) in [5.41, 5.74) is 2.32. The second-order valence-electron chi connectivity index (χ2n) is 4.47. The Kier molecular flexibility index (Phi) is 3.85. The van der Waals surface area contributed by atoms with Gasteiger partial charge in [0.2, 0.25) is 0 Å². The van der Waals surface area contributed by atoms with Crippen molar-refractivity contribution >= 4 is 17.6 Å². The molecule has 3 heteroatoms. The summed E-state index contributed by atoms with van der Waals surface area (Å²) >= 11 is 5.97. The summed E-state index contributed by atoms with van der Waals surface area (Å²) < 4.78 is 0. The van der Waals surface area contributed by atoms with Crippen LogP contribution in [0, 0.1) is 0 Å². The van der Waals surface area contributed by atoms with E-state index in [0.717, 1.165) is 36.3 Å². The highest BCUT2D eigenvalue weighted by Crippen LogP contribution is 2.35. The summed E-state index contributed by atoms with van der Waals surface area (Å²) in [5.74, 6) is -0.319. The second kappa shape index (κ2) is 5.37. The van der Waals surface area contributed by atoms with Crippen LogP contribution < -0.4 is 0 Å². The van der Waals surface area contributed by atoms with E-state index in [9.17, 15) is 4.79 Å². The van der Waals surface area contributed by atoms with Gasteiger partial charge < -0.3 is 5.11 Å². The van der Waals surface area contributed by atoms with Crippen LogP contribution in [0.15, 0.2) is 35.9 Å². The Labute approximate surface area is 106 Å². The predicted molar refractivity (Wildman–Crippen MR) is 68.4 cm³/mol.